The second-order valence-electron chi connectivity index (χ2n) is 26.7. The number of carbonyl (C=O) groups is 4. The van der Waals surface area contributed by atoms with E-state index in [1.165, 1.54) is 186 Å². The van der Waals surface area contributed by atoms with Gasteiger partial charge in [0.05, 0.1) is 26.4 Å². The summed E-state index contributed by atoms with van der Waals surface area (Å²) in [7, 11) is -9.90. The summed E-state index contributed by atoms with van der Waals surface area (Å²) in [6, 6.07) is 0. The highest BCUT2D eigenvalue weighted by atomic mass is 31.2. The number of aliphatic hydroxyl groups excluding tert-OH is 1. The Morgan fingerprint density at radius 3 is 0.835 bits per heavy atom. The molecule has 6 atom stereocenters. The molecule has 0 bridgehead atoms. The molecule has 3 N–H and O–H groups in total. The Hall–Kier alpha value is -1.94. The number of aliphatic hydroxyl groups is 1. The summed E-state index contributed by atoms with van der Waals surface area (Å²) in [5.74, 6) is -0.595. The van der Waals surface area contributed by atoms with E-state index in [0.29, 0.717) is 25.7 Å². The number of ether oxygens (including phenoxy) is 4. The summed E-state index contributed by atoms with van der Waals surface area (Å²) < 4.78 is 68.3. The van der Waals surface area contributed by atoms with Crippen molar-refractivity contribution in [3.63, 3.8) is 0 Å². The third kappa shape index (κ3) is 65.1. The smallest absolute Gasteiger partial charge is 0.462 e. The SMILES string of the molecule is CCCCCCCCCCCCCCCC(=O)OC[C@H](COP(=O)(O)OC[C@@H](O)COP(=O)(O)OC[C@@H](COC(=O)CCCCCCCCCCC)OC(=O)CCCCCCCCC(C)CC)OC(=O)CCCCCCCCCCCCCCCCCCC(C)C. The van der Waals surface area contributed by atoms with Crippen LogP contribution in [0.15, 0.2) is 0 Å². The Balaban J connectivity index is 5.20. The van der Waals surface area contributed by atoms with E-state index in [1.807, 2.05) is 0 Å². The van der Waals surface area contributed by atoms with Crippen molar-refractivity contribution in [2.24, 2.45) is 11.8 Å². The van der Waals surface area contributed by atoms with E-state index in [-0.39, 0.29) is 25.7 Å². The third-order valence-electron chi connectivity index (χ3n) is 17.1. The minimum atomic E-state index is -4.95. The normalized spacial score (nSPS) is 14.4. The van der Waals surface area contributed by atoms with Crippen LogP contribution in [0.3, 0.4) is 0 Å². The molecule has 0 amide bonds. The molecule has 0 aliphatic rings. The molecule has 0 fully saturated rings. The number of rotatable bonds is 71. The van der Waals surface area contributed by atoms with Gasteiger partial charge >= 0.3 is 39.5 Å². The van der Waals surface area contributed by atoms with Crippen molar-refractivity contribution in [3.05, 3.63) is 0 Å². The van der Waals surface area contributed by atoms with Crippen molar-refractivity contribution in [1.29, 1.82) is 0 Å². The number of phosphoric ester groups is 2. The molecule has 0 radical (unpaired) electrons. The van der Waals surface area contributed by atoms with Gasteiger partial charge < -0.3 is 33.8 Å². The zero-order valence-corrected chi connectivity index (χ0v) is 60.9. The fourth-order valence-corrected chi connectivity index (χ4v) is 12.5. The van der Waals surface area contributed by atoms with Gasteiger partial charge in [0.25, 0.3) is 0 Å². The van der Waals surface area contributed by atoms with E-state index in [0.717, 1.165) is 102 Å². The molecule has 17 nitrogen and oxygen atoms in total. The molecule has 3 unspecified atom stereocenters. The van der Waals surface area contributed by atoms with Gasteiger partial charge in [0.15, 0.2) is 12.2 Å². The van der Waals surface area contributed by atoms with Crippen LogP contribution < -0.4 is 0 Å². The van der Waals surface area contributed by atoms with Crippen LogP contribution >= 0.6 is 15.6 Å². The first kappa shape index (κ1) is 89.1. The predicted octanol–water partition coefficient (Wildman–Crippen LogP) is 20.8. The van der Waals surface area contributed by atoms with Crippen LogP contribution in [0.2, 0.25) is 0 Å². The fourth-order valence-electron chi connectivity index (χ4n) is 10.9. The second kappa shape index (κ2) is 64.1. The van der Waals surface area contributed by atoms with Gasteiger partial charge in [0.2, 0.25) is 0 Å². The van der Waals surface area contributed by atoms with Crippen LogP contribution in [0.1, 0.15) is 369 Å². The maximum atomic E-state index is 13.0. The molecule has 0 spiro atoms. The number of phosphoric acid groups is 2. The van der Waals surface area contributed by atoms with E-state index >= 15 is 0 Å². The summed E-state index contributed by atoms with van der Waals surface area (Å²) in [6.07, 6.45) is 50.0. The topological polar surface area (TPSA) is 237 Å². The molecule has 540 valence electrons. The summed E-state index contributed by atoms with van der Waals surface area (Å²) in [5, 5.41) is 10.6. The lowest BCUT2D eigenvalue weighted by Gasteiger charge is -2.21. The Kier molecular flexibility index (Phi) is 62.7. The number of hydrogen-bond donors (Lipinski definition) is 3. The van der Waals surface area contributed by atoms with Gasteiger partial charge in [0, 0.05) is 25.7 Å². The molecule has 19 heteroatoms. The maximum absolute atomic E-state index is 13.0. The van der Waals surface area contributed by atoms with E-state index in [4.69, 9.17) is 37.0 Å². The zero-order chi connectivity index (χ0) is 67.2. The molecule has 0 aromatic carbocycles. The summed E-state index contributed by atoms with van der Waals surface area (Å²) in [4.78, 5) is 72.5. The second-order valence-corrected chi connectivity index (χ2v) is 29.6. The summed E-state index contributed by atoms with van der Waals surface area (Å²) in [5.41, 5.74) is 0. The number of esters is 4. The first-order chi connectivity index (χ1) is 43.9. The first-order valence-corrected chi connectivity index (χ1v) is 40.5. The maximum Gasteiger partial charge on any atom is 0.472 e. The molecular formula is C72H140O17P2. The van der Waals surface area contributed by atoms with Crippen LogP contribution in [0.25, 0.3) is 0 Å². The number of unbranched alkanes of at least 4 members (excludes halogenated alkanes) is 40. The largest absolute Gasteiger partial charge is 0.472 e. The standard InChI is InChI=1S/C72H140O17P2/c1-7-10-12-14-16-18-19-24-28-32-36-43-49-55-70(75)83-60-67(88-71(76)56-50-44-37-33-29-26-23-21-20-22-25-27-31-34-40-46-52-64(4)5)62-86-90(78,79)84-58-66(73)59-85-91(80,81)87-63-68(61-82-69(74)54-48-42-35-30-17-15-13-11-8-2)89-72(77)57-51-45-39-38-41-47-53-65(6)9-3/h64-68,73H,7-63H2,1-6H3,(H,78,79)(H,80,81)/t65?,66-,67-,68-/m1/s1. The van der Waals surface area contributed by atoms with Crippen LogP contribution in [0.4, 0.5) is 0 Å². The Morgan fingerprint density at radius 2 is 0.560 bits per heavy atom. The Morgan fingerprint density at radius 1 is 0.319 bits per heavy atom. The average Bonchev–Trinajstić information content (AvgIpc) is 3.69. The lowest BCUT2D eigenvalue weighted by Crippen LogP contribution is -2.30. The molecule has 0 aliphatic heterocycles. The molecule has 0 saturated carbocycles. The highest BCUT2D eigenvalue weighted by Gasteiger charge is 2.30. The first-order valence-electron chi connectivity index (χ1n) is 37.5. The van der Waals surface area contributed by atoms with Crippen molar-refractivity contribution < 1.29 is 80.2 Å². The van der Waals surface area contributed by atoms with Gasteiger partial charge in [-0.15, -0.1) is 0 Å². The van der Waals surface area contributed by atoms with E-state index < -0.39 is 97.5 Å². The molecule has 0 rings (SSSR count). The van der Waals surface area contributed by atoms with Crippen molar-refractivity contribution in [1.82, 2.24) is 0 Å². The third-order valence-corrected chi connectivity index (χ3v) is 19.0. The zero-order valence-electron chi connectivity index (χ0n) is 59.1. The predicted molar refractivity (Wildman–Crippen MR) is 368 cm³/mol. The van der Waals surface area contributed by atoms with E-state index in [1.54, 1.807) is 0 Å². The minimum absolute atomic E-state index is 0.103. The number of hydrogen-bond acceptors (Lipinski definition) is 15. The van der Waals surface area contributed by atoms with Crippen LogP contribution in [-0.4, -0.2) is 96.7 Å². The monoisotopic (exact) mass is 1340 g/mol. The molecule has 0 saturated heterocycles. The highest BCUT2D eigenvalue weighted by molar-refractivity contribution is 7.47. The average molecular weight is 1340 g/mol. The van der Waals surface area contributed by atoms with Gasteiger partial charge in [-0.3, -0.25) is 37.3 Å². The Bertz CT molecular complexity index is 1770. The van der Waals surface area contributed by atoms with Gasteiger partial charge in [-0.05, 0) is 37.5 Å². The van der Waals surface area contributed by atoms with Gasteiger partial charge in [-0.1, -0.05) is 318 Å². The molecule has 0 heterocycles. The van der Waals surface area contributed by atoms with Crippen LogP contribution in [-0.2, 0) is 65.4 Å². The lowest BCUT2D eigenvalue weighted by atomic mass is 10.00. The summed E-state index contributed by atoms with van der Waals surface area (Å²) >= 11 is 0. The van der Waals surface area contributed by atoms with Gasteiger partial charge in [-0.25, -0.2) is 9.13 Å². The lowest BCUT2D eigenvalue weighted by molar-refractivity contribution is -0.161. The molecule has 0 aromatic heterocycles. The van der Waals surface area contributed by atoms with Crippen molar-refractivity contribution in [2.45, 2.75) is 387 Å². The quantitative estimate of drug-likeness (QED) is 0.0222. The molecule has 0 aliphatic carbocycles. The van der Waals surface area contributed by atoms with Crippen molar-refractivity contribution >= 4 is 39.5 Å². The van der Waals surface area contributed by atoms with Crippen molar-refractivity contribution in [2.75, 3.05) is 39.6 Å². The van der Waals surface area contributed by atoms with Crippen molar-refractivity contribution in [3.8, 4) is 0 Å². The highest BCUT2D eigenvalue weighted by Crippen LogP contribution is 2.45. The van der Waals surface area contributed by atoms with Crippen LogP contribution in [0, 0.1) is 11.8 Å². The van der Waals surface area contributed by atoms with Gasteiger partial charge in [0.1, 0.15) is 19.3 Å². The van der Waals surface area contributed by atoms with E-state index in [2.05, 4.69) is 41.5 Å². The number of carbonyl (C=O) groups excluding carboxylic acids is 4. The fraction of sp³-hybridized carbons (Fsp3) is 0.944. The summed E-state index contributed by atoms with van der Waals surface area (Å²) in [6.45, 7) is 9.53. The van der Waals surface area contributed by atoms with Crippen LogP contribution in [0.5, 0.6) is 0 Å². The van der Waals surface area contributed by atoms with E-state index in [9.17, 15) is 43.2 Å². The minimum Gasteiger partial charge on any atom is -0.462 e. The molecule has 91 heavy (non-hydrogen) atoms. The Labute approximate surface area is 556 Å². The molecule has 0 aromatic rings. The molecular weight excluding hydrogens is 1200 g/mol. The van der Waals surface area contributed by atoms with Gasteiger partial charge in [-0.2, -0.15) is 0 Å².